The second kappa shape index (κ2) is 11.3. The zero-order valence-electron chi connectivity index (χ0n) is 21.0. The van der Waals surface area contributed by atoms with Crippen molar-refractivity contribution in [1.29, 1.82) is 0 Å². The lowest BCUT2D eigenvalue weighted by molar-refractivity contribution is 0.317. The fourth-order valence-electron chi connectivity index (χ4n) is 4.37. The first kappa shape index (κ1) is 24.6. The van der Waals surface area contributed by atoms with E-state index in [2.05, 4.69) is 46.6 Å². The Morgan fingerprint density at radius 2 is 1.58 bits per heavy atom. The SMILES string of the molecule is Cc1cc(-c2ncc(-c3cccnc3)cc2/C=C/c2ccccc2)cnc1-c1cccc(C/C(N)=N/O)c1. The Morgan fingerprint density at radius 3 is 2.34 bits per heavy atom. The van der Waals surface area contributed by atoms with E-state index in [4.69, 9.17) is 20.9 Å². The molecule has 0 spiro atoms. The third-order valence-corrected chi connectivity index (χ3v) is 6.23. The van der Waals surface area contributed by atoms with Gasteiger partial charge < -0.3 is 10.9 Å². The summed E-state index contributed by atoms with van der Waals surface area (Å²) < 4.78 is 0. The zero-order valence-corrected chi connectivity index (χ0v) is 21.0. The minimum atomic E-state index is 0.166. The van der Waals surface area contributed by atoms with E-state index in [-0.39, 0.29) is 5.84 Å². The topological polar surface area (TPSA) is 97.3 Å². The average molecular weight is 498 g/mol. The number of hydrogen-bond acceptors (Lipinski definition) is 5. The number of aryl methyl sites for hydroxylation is 1. The Labute approximate surface area is 221 Å². The first-order valence-corrected chi connectivity index (χ1v) is 12.3. The molecule has 0 amide bonds. The molecule has 0 saturated heterocycles. The van der Waals surface area contributed by atoms with Gasteiger partial charge in [0, 0.05) is 59.0 Å². The summed E-state index contributed by atoms with van der Waals surface area (Å²) in [7, 11) is 0. The van der Waals surface area contributed by atoms with Gasteiger partial charge in [0.15, 0.2) is 0 Å². The lowest BCUT2D eigenvalue weighted by Crippen LogP contribution is -2.14. The van der Waals surface area contributed by atoms with Crippen molar-refractivity contribution in [2.45, 2.75) is 13.3 Å². The summed E-state index contributed by atoms with van der Waals surface area (Å²) in [5, 5.41) is 12.0. The predicted octanol–water partition coefficient (Wildman–Crippen LogP) is 6.64. The predicted molar refractivity (Wildman–Crippen MR) is 153 cm³/mol. The first-order chi connectivity index (χ1) is 18.6. The standard InChI is InChI=1S/C32H27N5O/c1-22-15-29(21-35-31(22)25-10-5-9-24(16-25)17-30(33)37-38)32-26(13-12-23-7-3-2-4-8-23)18-28(20-36-32)27-11-6-14-34-19-27/h2-16,18-21,38H,17H2,1H3,(H2,33,37)/b13-12+. The van der Waals surface area contributed by atoms with Gasteiger partial charge in [0.25, 0.3) is 0 Å². The molecule has 0 aliphatic heterocycles. The van der Waals surface area contributed by atoms with Crippen LogP contribution in [-0.4, -0.2) is 26.0 Å². The van der Waals surface area contributed by atoms with Crippen molar-refractivity contribution in [3.63, 3.8) is 0 Å². The van der Waals surface area contributed by atoms with Crippen molar-refractivity contribution >= 4 is 18.0 Å². The molecule has 5 rings (SSSR count). The molecule has 0 atom stereocenters. The lowest BCUT2D eigenvalue weighted by Gasteiger charge is -2.12. The van der Waals surface area contributed by atoms with Crippen LogP contribution >= 0.6 is 0 Å². The zero-order chi connectivity index (χ0) is 26.3. The van der Waals surface area contributed by atoms with Crippen molar-refractivity contribution < 1.29 is 5.21 Å². The maximum atomic E-state index is 8.91. The Bertz CT molecular complexity index is 1610. The Kier molecular flexibility index (Phi) is 7.32. The molecular weight excluding hydrogens is 470 g/mol. The van der Waals surface area contributed by atoms with Crippen molar-refractivity contribution in [1.82, 2.24) is 15.0 Å². The van der Waals surface area contributed by atoms with Gasteiger partial charge in [-0.25, -0.2) is 0 Å². The lowest BCUT2D eigenvalue weighted by atomic mass is 9.98. The second-order valence-corrected chi connectivity index (χ2v) is 9.01. The Morgan fingerprint density at radius 1 is 0.789 bits per heavy atom. The van der Waals surface area contributed by atoms with E-state index in [9.17, 15) is 0 Å². The van der Waals surface area contributed by atoms with Crippen LogP contribution in [0.5, 0.6) is 0 Å². The van der Waals surface area contributed by atoms with Crippen LogP contribution in [0.2, 0.25) is 0 Å². The molecular formula is C32H27N5O. The van der Waals surface area contributed by atoms with Crippen LogP contribution in [0.3, 0.4) is 0 Å². The highest BCUT2D eigenvalue weighted by molar-refractivity contribution is 5.83. The monoisotopic (exact) mass is 497 g/mol. The maximum absolute atomic E-state index is 8.91. The van der Waals surface area contributed by atoms with E-state index in [0.717, 1.165) is 55.9 Å². The highest BCUT2D eigenvalue weighted by Gasteiger charge is 2.12. The number of benzene rings is 2. The van der Waals surface area contributed by atoms with Gasteiger partial charge in [-0.2, -0.15) is 0 Å². The van der Waals surface area contributed by atoms with Crippen LogP contribution in [0.15, 0.2) is 109 Å². The van der Waals surface area contributed by atoms with E-state index in [1.54, 1.807) is 6.20 Å². The molecule has 0 aliphatic rings. The molecule has 0 saturated carbocycles. The number of oxime groups is 1. The quantitative estimate of drug-likeness (QED) is 0.114. The summed E-state index contributed by atoms with van der Waals surface area (Å²) in [4.78, 5) is 13.9. The summed E-state index contributed by atoms with van der Waals surface area (Å²) in [5.41, 5.74) is 15.4. The van der Waals surface area contributed by atoms with Gasteiger partial charge in [-0.3, -0.25) is 15.0 Å². The maximum Gasteiger partial charge on any atom is 0.143 e. The molecule has 0 unspecified atom stereocenters. The molecule has 0 radical (unpaired) electrons. The molecule has 6 nitrogen and oxygen atoms in total. The van der Waals surface area contributed by atoms with Crippen molar-refractivity contribution in [2.24, 2.45) is 10.9 Å². The summed E-state index contributed by atoms with van der Waals surface area (Å²) >= 11 is 0. The Balaban J connectivity index is 1.53. The number of nitrogens with zero attached hydrogens (tertiary/aromatic N) is 4. The highest BCUT2D eigenvalue weighted by atomic mass is 16.4. The summed E-state index contributed by atoms with van der Waals surface area (Å²) in [5.74, 6) is 0.166. The van der Waals surface area contributed by atoms with Gasteiger partial charge in [0.1, 0.15) is 5.84 Å². The molecule has 3 heterocycles. The van der Waals surface area contributed by atoms with E-state index < -0.39 is 0 Å². The third kappa shape index (κ3) is 5.65. The van der Waals surface area contributed by atoms with Crippen LogP contribution in [0.25, 0.3) is 45.8 Å². The van der Waals surface area contributed by atoms with Crippen molar-refractivity contribution in [3.05, 3.63) is 126 Å². The van der Waals surface area contributed by atoms with E-state index >= 15 is 0 Å². The van der Waals surface area contributed by atoms with Crippen molar-refractivity contribution in [3.8, 4) is 33.6 Å². The van der Waals surface area contributed by atoms with Crippen LogP contribution in [-0.2, 0) is 6.42 Å². The van der Waals surface area contributed by atoms with Gasteiger partial charge in [0.05, 0.1) is 11.4 Å². The van der Waals surface area contributed by atoms with Gasteiger partial charge >= 0.3 is 0 Å². The van der Waals surface area contributed by atoms with E-state index in [1.165, 1.54) is 0 Å². The summed E-state index contributed by atoms with van der Waals surface area (Å²) in [6.07, 6.45) is 11.9. The molecule has 6 heteroatoms. The number of amidine groups is 1. The highest BCUT2D eigenvalue weighted by Crippen LogP contribution is 2.31. The van der Waals surface area contributed by atoms with Crippen molar-refractivity contribution in [2.75, 3.05) is 0 Å². The fourth-order valence-corrected chi connectivity index (χ4v) is 4.37. The van der Waals surface area contributed by atoms with Crippen LogP contribution in [0.1, 0.15) is 22.3 Å². The third-order valence-electron chi connectivity index (χ3n) is 6.23. The minimum Gasteiger partial charge on any atom is -0.409 e. The van der Waals surface area contributed by atoms with E-state index in [1.807, 2.05) is 80.1 Å². The van der Waals surface area contributed by atoms with E-state index in [0.29, 0.717) is 6.42 Å². The first-order valence-electron chi connectivity index (χ1n) is 12.3. The van der Waals surface area contributed by atoms with Gasteiger partial charge in [-0.05, 0) is 47.9 Å². The number of rotatable bonds is 7. The number of nitrogens with two attached hydrogens (primary N) is 1. The van der Waals surface area contributed by atoms with Crippen LogP contribution < -0.4 is 5.73 Å². The molecule has 0 bridgehead atoms. The smallest absolute Gasteiger partial charge is 0.143 e. The molecule has 3 N–H and O–H groups in total. The molecule has 5 aromatic rings. The summed E-state index contributed by atoms with van der Waals surface area (Å²) in [6, 6.07) is 26.3. The van der Waals surface area contributed by atoms with Crippen LogP contribution in [0.4, 0.5) is 0 Å². The van der Waals surface area contributed by atoms with Crippen LogP contribution in [0, 0.1) is 6.92 Å². The molecule has 38 heavy (non-hydrogen) atoms. The summed E-state index contributed by atoms with van der Waals surface area (Å²) in [6.45, 7) is 2.05. The molecule has 0 fully saturated rings. The molecule has 0 aliphatic carbocycles. The molecule has 2 aromatic carbocycles. The molecule has 186 valence electrons. The van der Waals surface area contributed by atoms with Gasteiger partial charge in [-0.1, -0.05) is 71.9 Å². The number of pyridine rings is 3. The van der Waals surface area contributed by atoms with Gasteiger partial charge in [-0.15, -0.1) is 0 Å². The average Bonchev–Trinajstić information content (AvgIpc) is 2.97. The number of hydrogen-bond donors (Lipinski definition) is 2. The normalized spacial score (nSPS) is 11.7. The molecule has 3 aromatic heterocycles. The Hall–Kier alpha value is -5.10. The largest absolute Gasteiger partial charge is 0.409 e. The second-order valence-electron chi connectivity index (χ2n) is 9.01. The van der Waals surface area contributed by atoms with Gasteiger partial charge in [0.2, 0.25) is 0 Å². The fraction of sp³-hybridized carbons (Fsp3) is 0.0625. The minimum absolute atomic E-state index is 0.166. The number of aromatic nitrogens is 3.